The van der Waals surface area contributed by atoms with E-state index in [2.05, 4.69) is 10.2 Å². The first-order valence-electron chi connectivity index (χ1n) is 6.45. The third-order valence-electron chi connectivity index (χ3n) is 3.29. The van der Waals surface area contributed by atoms with Crippen molar-refractivity contribution in [3.8, 4) is 5.69 Å². The number of rotatable bonds is 3. The monoisotopic (exact) mass is 290 g/mol. The van der Waals surface area contributed by atoms with E-state index in [0.29, 0.717) is 5.69 Å². The van der Waals surface area contributed by atoms with Gasteiger partial charge in [0.2, 0.25) is 11.5 Å². The van der Waals surface area contributed by atoms with Gasteiger partial charge in [-0.1, -0.05) is 19.1 Å². The molecule has 0 fully saturated rings. The topological polar surface area (TPSA) is 52.2 Å². The first kappa shape index (κ1) is 13.4. The molecule has 5 nitrogen and oxygen atoms in total. The molecule has 0 N–H and O–H groups in total. The van der Waals surface area contributed by atoms with Crippen LogP contribution in [0.2, 0.25) is 0 Å². The molecule has 108 valence electrons. The summed E-state index contributed by atoms with van der Waals surface area (Å²) in [5.41, 5.74) is 1.15. The number of halogens is 2. The second kappa shape index (κ2) is 5.08. The fourth-order valence-electron chi connectivity index (χ4n) is 2.18. The van der Waals surface area contributed by atoms with Crippen molar-refractivity contribution in [3.63, 3.8) is 0 Å². The summed E-state index contributed by atoms with van der Waals surface area (Å²) in [4.78, 5) is 12.4. The van der Waals surface area contributed by atoms with Crippen molar-refractivity contribution in [3.05, 3.63) is 58.4 Å². The number of hydrogen-bond acceptors (Lipinski definition) is 3. The number of hydrogen-bond donors (Lipinski definition) is 0. The highest BCUT2D eigenvalue weighted by molar-refractivity contribution is 5.42. The Kier molecular flexibility index (Phi) is 3.25. The molecule has 0 aliphatic rings. The Bertz CT molecular complexity index is 854. The van der Waals surface area contributed by atoms with E-state index in [4.69, 9.17) is 0 Å². The molecular formula is C14H12F2N4O. The number of aromatic nitrogens is 4. The fourth-order valence-corrected chi connectivity index (χ4v) is 2.18. The quantitative estimate of drug-likeness (QED) is 0.744. The van der Waals surface area contributed by atoms with E-state index in [0.717, 1.165) is 16.4 Å². The number of nitrogens with zero attached hydrogens (tertiary/aromatic N) is 4. The molecule has 2 heterocycles. The molecule has 2 aromatic heterocycles. The number of alkyl halides is 2. The van der Waals surface area contributed by atoms with Crippen molar-refractivity contribution >= 4 is 5.65 Å². The predicted octanol–water partition coefficient (Wildman–Crippen LogP) is 2.38. The number of aryl methyl sites for hydroxylation is 1. The molecule has 21 heavy (non-hydrogen) atoms. The Hall–Kier alpha value is -2.57. The second-order valence-electron chi connectivity index (χ2n) is 4.55. The van der Waals surface area contributed by atoms with E-state index in [1.165, 1.54) is 17.0 Å². The third kappa shape index (κ3) is 2.20. The van der Waals surface area contributed by atoms with Crippen molar-refractivity contribution in [2.45, 2.75) is 19.8 Å². The minimum absolute atomic E-state index is 0.116. The Labute approximate surface area is 118 Å². The van der Waals surface area contributed by atoms with Gasteiger partial charge in [0.25, 0.3) is 6.43 Å². The summed E-state index contributed by atoms with van der Waals surface area (Å²) in [6.45, 7) is 2.01. The van der Waals surface area contributed by atoms with Gasteiger partial charge in [0.1, 0.15) is 0 Å². The number of benzene rings is 1. The minimum Gasteiger partial charge on any atom is -0.280 e. The summed E-state index contributed by atoms with van der Waals surface area (Å²) < 4.78 is 27.9. The second-order valence-corrected chi connectivity index (χ2v) is 4.55. The largest absolute Gasteiger partial charge is 0.300 e. The molecule has 0 saturated carbocycles. The van der Waals surface area contributed by atoms with Crippen LogP contribution in [0.5, 0.6) is 0 Å². The molecule has 0 bridgehead atoms. The van der Waals surface area contributed by atoms with Crippen LogP contribution in [0.25, 0.3) is 11.3 Å². The minimum atomic E-state index is -2.78. The van der Waals surface area contributed by atoms with E-state index < -0.39 is 17.8 Å². The van der Waals surface area contributed by atoms with Gasteiger partial charge in [-0.25, -0.2) is 8.78 Å². The van der Waals surface area contributed by atoms with E-state index in [1.807, 2.05) is 25.1 Å². The zero-order valence-electron chi connectivity index (χ0n) is 11.2. The Balaban J connectivity index is 2.21. The van der Waals surface area contributed by atoms with Crippen LogP contribution < -0.4 is 5.56 Å². The predicted molar refractivity (Wildman–Crippen MR) is 72.9 cm³/mol. The standard InChI is InChI=1S/C14H12F2N4O/c1-2-9-4-3-5-10(8-9)19-6-7-20-12(11(15)16)17-18-13(20)14(19)21/h3-8,11H,2H2,1H3. The van der Waals surface area contributed by atoms with Crippen molar-refractivity contribution in [1.29, 1.82) is 0 Å². The van der Waals surface area contributed by atoms with E-state index >= 15 is 0 Å². The van der Waals surface area contributed by atoms with Crippen LogP contribution in [0.15, 0.2) is 41.5 Å². The first-order valence-corrected chi connectivity index (χ1v) is 6.45. The number of fused-ring (bicyclic) bond motifs is 1. The Morgan fingerprint density at radius 2 is 2.05 bits per heavy atom. The van der Waals surface area contributed by atoms with Crippen LogP contribution in [-0.4, -0.2) is 19.2 Å². The zero-order chi connectivity index (χ0) is 15.0. The third-order valence-corrected chi connectivity index (χ3v) is 3.29. The highest BCUT2D eigenvalue weighted by Crippen LogP contribution is 2.16. The maximum absolute atomic E-state index is 12.8. The normalized spacial score (nSPS) is 11.4. The van der Waals surface area contributed by atoms with Gasteiger partial charge < -0.3 is 0 Å². The average molecular weight is 290 g/mol. The molecule has 3 aromatic rings. The van der Waals surface area contributed by atoms with Crippen LogP contribution in [0.3, 0.4) is 0 Å². The highest BCUT2D eigenvalue weighted by Gasteiger charge is 2.18. The molecule has 0 radical (unpaired) electrons. The lowest BCUT2D eigenvalue weighted by Gasteiger charge is -2.07. The summed E-state index contributed by atoms with van der Waals surface area (Å²) in [7, 11) is 0. The van der Waals surface area contributed by atoms with Gasteiger partial charge in [-0.15, -0.1) is 10.2 Å². The van der Waals surface area contributed by atoms with E-state index in [-0.39, 0.29) is 5.65 Å². The first-order chi connectivity index (χ1) is 10.1. The van der Waals surface area contributed by atoms with Gasteiger partial charge in [0.05, 0.1) is 0 Å². The van der Waals surface area contributed by atoms with Crippen LogP contribution in [0.1, 0.15) is 24.7 Å². The van der Waals surface area contributed by atoms with Gasteiger partial charge in [-0.05, 0) is 24.1 Å². The molecule has 0 atom stereocenters. The molecule has 0 unspecified atom stereocenters. The lowest BCUT2D eigenvalue weighted by molar-refractivity contribution is 0.139. The maximum atomic E-state index is 12.8. The maximum Gasteiger partial charge on any atom is 0.300 e. The van der Waals surface area contributed by atoms with Crippen molar-refractivity contribution in [2.75, 3.05) is 0 Å². The highest BCUT2D eigenvalue weighted by atomic mass is 19.3. The molecule has 3 rings (SSSR count). The van der Waals surface area contributed by atoms with Crippen LogP contribution in [0, 0.1) is 0 Å². The molecule has 0 saturated heterocycles. The fraction of sp³-hybridized carbons (Fsp3) is 0.214. The van der Waals surface area contributed by atoms with Crippen LogP contribution in [0.4, 0.5) is 8.78 Å². The lowest BCUT2D eigenvalue weighted by Crippen LogP contribution is -2.20. The SMILES string of the molecule is CCc1cccc(-n2ccn3c(C(F)F)nnc3c2=O)c1. The molecule has 0 spiro atoms. The van der Waals surface area contributed by atoms with Crippen molar-refractivity contribution in [2.24, 2.45) is 0 Å². The van der Waals surface area contributed by atoms with Crippen molar-refractivity contribution < 1.29 is 8.78 Å². The van der Waals surface area contributed by atoms with Gasteiger partial charge in [-0.3, -0.25) is 13.8 Å². The summed E-state index contributed by atoms with van der Waals surface area (Å²) in [6, 6.07) is 7.46. The summed E-state index contributed by atoms with van der Waals surface area (Å²) in [5.74, 6) is -0.531. The molecular weight excluding hydrogens is 278 g/mol. The Morgan fingerprint density at radius 3 is 2.76 bits per heavy atom. The van der Waals surface area contributed by atoms with Crippen LogP contribution >= 0.6 is 0 Å². The van der Waals surface area contributed by atoms with E-state index in [1.54, 1.807) is 6.07 Å². The van der Waals surface area contributed by atoms with Gasteiger partial charge in [0.15, 0.2) is 0 Å². The molecule has 0 aliphatic heterocycles. The van der Waals surface area contributed by atoms with Gasteiger partial charge in [0, 0.05) is 18.1 Å². The Morgan fingerprint density at radius 1 is 1.24 bits per heavy atom. The van der Waals surface area contributed by atoms with Gasteiger partial charge in [-0.2, -0.15) is 0 Å². The van der Waals surface area contributed by atoms with Crippen LogP contribution in [-0.2, 0) is 6.42 Å². The van der Waals surface area contributed by atoms with Crippen molar-refractivity contribution in [1.82, 2.24) is 19.2 Å². The summed E-state index contributed by atoms with van der Waals surface area (Å²) in [5, 5.41) is 6.94. The smallest absolute Gasteiger partial charge is 0.280 e. The summed E-state index contributed by atoms with van der Waals surface area (Å²) >= 11 is 0. The zero-order valence-corrected chi connectivity index (χ0v) is 11.2. The lowest BCUT2D eigenvalue weighted by atomic mass is 10.1. The molecule has 7 heteroatoms. The average Bonchev–Trinajstić information content (AvgIpc) is 2.93. The molecule has 0 aliphatic carbocycles. The van der Waals surface area contributed by atoms with E-state index in [9.17, 15) is 13.6 Å². The summed E-state index contributed by atoms with van der Waals surface area (Å²) in [6.07, 6.45) is 0.875. The molecule has 1 aromatic carbocycles. The molecule has 0 amide bonds. The van der Waals surface area contributed by atoms with Gasteiger partial charge >= 0.3 is 5.56 Å².